The molecule has 0 spiro atoms. The zero-order chi connectivity index (χ0) is 25.9. The summed E-state index contributed by atoms with van der Waals surface area (Å²) in [5, 5.41) is 24.9. The summed E-state index contributed by atoms with van der Waals surface area (Å²) >= 11 is 0.667. The van der Waals surface area contributed by atoms with Gasteiger partial charge in [-0.15, -0.1) is 20.4 Å². The van der Waals surface area contributed by atoms with Crippen LogP contribution >= 0.6 is 11.3 Å². The number of halogens is 2. The minimum atomic E-state index is -4.11. The van der Waals surface area contributed by atoms with Gasteiger partial charge in [0.15, 0.2) is 21.5 Å². The standard InChI is InChI=1S/C21H23F2N9O3S2/c1-12-7-30(8-13-10-35-5-4-31(12)13)15-6-14(37(33,34)29-21(11-24)2-3-21)9-32-17(15)25-26-18(32)20-28-27-19(36-20)16(22)23/h6,9,12-13,16,29H,2-5,7-8,10H2,1H3/t12-,13+/m0/s1. The van der Waals surface area contributed by atoms with E-state index in [0.29, 0.717) is 61.8 Å². The van der Waals surface area contributed by atoms with Crippen LogP contribution in [0.1, 0.15) is 31.2 Å². The van der Waals surface area contributed by atoms with Crippen LogP contribution in [0.5, 0.6) is 0 Å². The minimum Gasteiger partial charge on any atom is -0.378 e. The Morgan fingerprint density at radius 2 is 2.08 bits per heavy atom. The van der Waals surface area contributed by atoms with Crippen molar-refractivity contribution in [2.45, 2.75) is 48.7 Å². The van der Waals surface area contributed by atoms with E-state index in [0.717, 1.165) is 6.54 Å². The molecule has 3 aliphatic rings. The van der Waals surface area contributed by atoms with Crippen LogP contribution in [-0.2, 0) is 14.8 Å². The number of pyridine rings is 1. The largest absolute Gasteiger partial charge is 0.378 e. The third-order valence-electron chi connectivity index (χ3n) is 6.98. The molecule has 0 aromatic carbocycles. The summed E-state index contributed by atoms with van der Waals surface area (Å²) in [6.45, 7) is 5.34. The molecule has 0 unspecified atom stereocenters. The first kappa shape index (κ1) is 24.5. The highest BCUT2D eigenvalue weighted by molar-refractivity contribution is 7.89. The average Bonchev–Trinajstić information content (AvgIpc) is 3.27. The number of hydrogen-bond acceptors (Lipinski definition) is 11. The number of ether oxygens (including phenoxy) is 1. The Hall–Kier alpha value is -2.84. The molecule has 0 amide bonds. The molecule has 2 saturated heterocycles. The summed E-state index contributed by atoms with van der Waals surface area (Å²) in [4.78, 5) is 4.34. The highest BCUT2D eigenvalue weighted by Crippen LogP contribution is 2.37. The predicted octanol–water partition coefficient (Wildman–Crippen LogP) is 1.43. The molecule has 3 fully saturated rings. The summed E-state index contributed by atoms with van der Waals surface area (Å²) in [5.41, 5.74) is -0.227. The van der Waals surface area contributed by atoms with Gasteiger partial charge in [0, 0.05) is 31.9 Å². The van der Waals surface area contributed by atoms with Crippen molar-refractivity contribution in [1.29, 1.82) is 5.26 Å². The highest BCUT2D eigenvalue weighted by atomic mass is 32.2. The second kappa shape index (κ2) is 8.88. The molecule has 2 aliphatic heterocycles. The molecule has 3 aromatic heterocycles. The first-order chi connectivity index (χ1) is 17.7. The maximum Gasteiger partial charge on any atom is 0.291 e. The van der Waals surface area contributed by atoms with Crippen molar-refractivity contribution >= 4 is 32.7 Å². The van der Waals surface area contributed by atoms with E-state index in [1.165, 1.54) is 16.7 Å². The van der Waals surface area contributed by atoms with Crippen LogP contribution in [0.4, 0.5) is 14.5 Å². The van der Waals surface area contributed by atoms with Gasteiger partial charge in [-0.2, -0.15) is 9.98 Å². The fourth-order valence-corrected chi connectivity index (χ4v) is 7.00. The first-order valence-electron chi connectivity index (χ1n) is 11.7. The Labute approximate surface area is 214 Å². The molecular formula is C21H23F2N9O3S2. The van der Waals surface area contributed by atoms with Crippen LogP contribution in [0.2, 0.25) is 0 Å². The van der Waals surface area contributed by atoms with E-state index in [-0.39, 0.29) is 27.8 Å². The predicted molar refractivity (Wildman–Crippen MR) is 128 cm³/mol. The van der Waals surface area contributed by atoms with E-state index >= 15 is 0 Å². The van der Waals surface area contributed by atoms with Gasteiger partial charge in [0.05, 0.1) is 31.0 Å². The van der Waals surface area contributed by atoms with E-state index in [9.17, 15) is 22.5 Å². The van der Waals surface area contributed by atoms with Gasteiger partial charge in [-0.25, -0.2) is 17.2 Å². The summed E-state index contributed by atoms with van der Waals surface area (Å²) in [6, 6.07) is 3.85. The second-order valence-electron chi connectivity index (χ2n) is 9.54. The molecule has 6 rings (SSSR count). The number of nitriles is 1. The Bertz CT molecular complexity index is 1500. The van der Waals surface area contributed by atoms with Gasteiger partial charge in [0.2, 0.25) is 10.0 Å². The number of rotatable bonds is 6. The summed E-state index contributed by atoms with van der Waals surface area (Å²) in [6.07, 6.45) is -0.607. The number of aromatic nitrogens is 5. The monoisotopic (exact) mass is 551 g/mol. The van der Waals surface area contributed by atoms with Crippen molar-refractivity contribution in [2.75, 3.05) is 37.7 Å². The second-order valence-corrected chi connectivity index (χ2v) is 12.2. The number of alkyl halides is 2. The van der Waals surface area contributed by atoms with Gasteiger partial charge in [0.1, 0.15) is 10.4 Å². The van der Waals surface area contributed by atoms with E-state index < -0.39 is 27.0 Å². The lowest BCUT2D eigenvalue weighted by atomic mass is 10.1. The summed E-state index contributed by atoms with van der Waals surface area (Å²) in [7, 11) is -4.11. The van der Waals surface area contributed by atoms with Crippen LogP contribution in [0.3, 0.4) is 0 Å². The Morgan fingerprint density at radius 1 is 1.27 bits per heavy atom. The highest BCUT2D eigenvalue weighted by Gasteiger charge is 2.47. The van der Waals surface area contributed by atoms with Gasteiger partial charge in [0.25, 0.3) is 6.43 Å². The molecule has 1 aliphatic carbocycles. The Kier molecular flexibility index (Phi) is 5.88. The fourth-order valence-electron chi connectivity index (χ4n) is 4.92. The van der Waals surface area contributed by atoms with Crippen molar-refractivity contribution in [3.8, 4) is 16.9 Å². The molecule has 16 heteroatoms. The average molecular weight is 552 g/mol. The maximum atomic E-state index is 13.4. The van der Waals surface area contributed by atoms with Crippen molar-refractivity contribution in [2.24, 2.45) is 0 Å². The molecule has 37 heavy (non-hydrogen) atoms. The third kappa shape index (κ3) is 4.34. The number of fused-ring (bicyclic) bond motifs is 2. The van der Waals surface area contributed by atoms with E-state index in [1.807, 2.05) is 6.07 Å². The number of sulfonamides is 1. The van der Waals surface area contributed by atoms with Gasteiger partial charge in [-0.3, -0.25) is 9.30 Å². The smallest absolute Gasteiger partial charge is 0.291 e. The number of morpholine rings is 1. The number of nitrogens with one attached hydrogen (secondary N) is 1. The maximum absolute atomic E-state index is 13.4. The van der Waals surface area contributed by atoms with Crippen LogP contribution in [-0.4, -0.2) is 88.6 Å². The van der Waals surface area contributed by atoms with Gasteiger partial charge >= 0.3 is 0 Å². The molecule has 2 atom stereocenters. The molecule has 5 heterocycles. The quantitative estimate of drug-likeness (QED) is 0.478. The number of nitrogens with zero attached hydrogens (tertiary/aromatic N) is 8. The van der Waals surface area contributed by atoms with Crippen molar-refractivity contribution in [3.63, 3.8) is 0 Å². The first-order valence-corrected chi connectivity index (χ1v) is 14.0. The number of hydrogen-bond donors (Lipinski definition) is 1. The zero-order valence-corrected chi connectivity index (χ0v) is 21.3. The van der Waals surface area contributed by atoms with Crippen LogP contribution in [0.25, 0.3) is 16.5 Å². The van der Waals surface area contributed by atoms with E-state index in [4.69, 9.17) is 4.74 Å². The number of piperazine rings is 1. The van der Waals surface area contributed by atoms with Crippen molar-refractivity contribution in [3.05, 3.63) is 17.3 Å². The molecule has 1 saturated carbocycles. The minimum absolute atomic E-state index is 0.0887. The van der Waals surface area contributed by atoms with Crippen LogP contribution < -0.4 is 9.62 Å². The van der Waals surface area contributed by atoms with Gasteiger partial charge in [-0.05, 0) is 25.8 Å². The topological polar surface area (TPSA) is 142 Å². The molecule has 3 aromatic rings. The fraction of sp³-hybridized carbons (Fsp3) is 0.571. The summed E-state index contributed by atoms with van der Waals surface area (Å²) < 4.78 is 62.8. The normalized spacial score (nSPS) is 23.8. The van der Waals surface area contributed by atoms with E-state index in [2.05, 4.69) is 41.8 Å². The van der Waals surface area contributed by atoms with Crippen LogP contribution in [0, 0.1) is 11.3 Å². The molecule has 0 bridgehead atoms. The molecule has 0 radical (unpaired) electrons. The molecule has 1 N–H and O–H groups in total. The molecular weight excluding hydrogens is 528 g/mol. The van der Waals surface area contributed by atoms with E-state index in [1.54, 1.807) is 0 Å². The van der Waals surface area contributed by atoms with Crippen molar-refractivity contribution < 1.29 is 21.9 Å². The van der Waals surface area contributed by atoms with Crippen molar-refractivity contribution in [1.82, 2.24) is 34.4 Å². The SMILES string of the molecule is C[C@H]1CN(c2cc(S(=O)(=O)NC3(C#N)CC3)cn3c(-c4nnc(C(F)F)s4)nnc23)C[C@@H]2COCCN21. The lowest BCUT2D eigenvalue weighted by Crippen LogP contribution is -2.62. The molecule has 12 nitrogen and oxygen atoms in total. The lowest BCUT2D eigenvalue weighted by molar-refractivity contribution is -0.0317. The zero-order valence-electron chi connectivity index (χ0n) is 19.7. The summed E-state index contributed by atoms with van der Waals surface area (Å²) in [5.74, 6) is 0.104. The number of anilines is 1. The van der Waals surface area contributed by atoms with Gasteiger partial charge < -0.3 is 9.64 Å². The third-order valence-corrected chi connectivity index (χ3v) is 9.41. The molecule has 196 valence electrons. The Morgan fingerprint density at radius 3 is 2.78 bits per heavy atom. The Balaban J connectivity index is 1.47. The lowest BCUT2D eigenvalue weighted by Gasteiger charge is -2.48. The van der Waals surface area contributed by atoms with Crippen LogP contribution in [0.15, 0.2) is 17.2 Å². The van der Waals surface area contributed by atoms with Gasteiger partial charge in [-0.1, -0.05) is 11.3 Å².